The van der Waals surface area contributed by atoms with Crippen LogP contribution < -0.4 is 10.5 Å². The number of benzene rings is 1. The number of aromatic carboxylic acids is 1. The first-order valence-corrected chi connectivity index (χ1v) is 6.15. The van der Waals surface area contributed by atoms with E-state index in [1.165, 1.54) is 6.07 Å². The molecule has 0 aliphatic carbocycles. The molecule has 1 aromatic carbocycles. The minimum Gasteiger partial charge on any atom is -0.493 e. The number of nitrogens with two attached hydrogens (primary N) is 1. The molecule has 0 radical (unpaired) electrons. The second kappa shape index (κ2) is 6.28. The van der Waals surface area contributed by atoms with Crippen molar-refractivity contribution in [2.45, 2.75) is 27.2 Å². The van der Waals surface area contributed by atoms with Crippen LogP contribution in [-0.4, -0.2) is 17.7 Å². The Morgan fingerprint density at radius 2 is 2.06 bits per heavy atom. The van der Waals surface area contributed by atoms with Crippen LogP contribution in [0.5, 0.6) is 5.75 Å². The van der Waals surface area contributed by atoms with Crippen LogP contribution in [0.25, 0.3) is 0 Å². The molecular formula is C14H21NO3. The van der Waals surface area contributed by atoms with Gasteiger partial charge in [0.25, 0.3) is 0 Å². The molecule has 0 saturated carbocycles. The molecular weight excluding hydrogens is 230 g/mol. The first-order chi connectivity index (χ1) is 8.40. The molecule has 1 aromatic rings. The maximum Gasteiger partial charge on any atom is 0.337 e. The Hall–Kier alpha value is -1.71. The summed E-state index contributed by atoms with van der Waals surface area (Å²) in [7, 11) is 0. The van der Waals surface area contributed by atoms with Gasteiger partial charge in [-0.05, 0) is 30.4 Å². The summed E-state index contributed by atoms with van der Waals surface area (Å²) in [5.74, 6) is 0.703. The summed E-state index contributed by atoms with van der Waals surface area (Å²) >= 11 is 0. The van der Waals surface area contributed by atoms with E-state index in [1.807, 2.05) is 0 Å². The number of carbonyl (C=O) groups is 1. The number of carboxylic acid groups (broad SMARTS) is 1. The highest BCUT2D eigenvalue weighted by Gasteiger charge is 2.10. The lowest BCUT2D eigenvalue weighted by Gasteiger charge is -2.15. The van der Waals surface area contributed by atoms with Crippen LogP contribution in [0.3, 0.4) is 0 Å². The van der Waals surface area contributed by atoms with Crippen molar-refractivity contribution in [3.63, 3.8) is 0 Å². The number of hydrogen-bond donors (Lipinski definition) is 2. The van der Waals surface area contributed by atoms with Crippen molar-refractivity contribution in [1.82, 2.24) is 0 Å². The zero-order chi connectivity index (χ0) is 13.7. The van der Waals surface area contributed by atoms with E-state index in [9.17, 15) is 4.79 Å². The van der Waals surface area contributed by atoms with E-state index < -0.39 is 5.97 Å². The van der Waals surface area contributed by atoms with Gasteiger partial charge in [0, 0.05) is 11.8 Å². The van der Waals surface area contributed by atoms with Crippen LogP contribution in [0.2, 0.25) is 0 Å². The molecule has 1 rings (SSSR count). The SMILES string of the molecule is CC(C)CC(C)COc1ccc(C(=O)O)c(N)c1. The molecule has 0 aliphatic rings. The van der Waals surface area contributed by atoms with Gasteiger partial charge in [-0.25, -0.2) is 4.79 Å². The Labute approximate surface area is 108 Å². The number of hydrogen-bond acceptors (Lipinski definition) is 3. The van der Waals surface area contributed by atoms with Gasteiger partial charge in [-0.3, -0.25) is 0 Å². The largest absolute Gasteiger partial charge is 0.493 e. The molecule has 1 unspecified atom stereocenters. The molecule has 100 valence electrons. The summed E-state index contributed by atoms with van der Waals surface area (Å²) in [6, 6.07) is 4.67. The molecule has 4 heteroatoms. The molecule has 0 amide bonds. The Bertz CT molecular complexity index is 416. The molecule has 0 spiro atoms. The van der Waals surface area contributed by atoms with Crippen molar-refractivity contribution in [3.8, 4) is 5.75 Å². The lowest BCUT2D eigenvalue weighted by Crippen LogP contribution is -2.11. The van der Waals surface area contributed by atoms with E-state index in [1.54, 1.807) is 12.1 Å². The van der Waals surface area contributed by atoms with Gasteiger partial charge in [-0.2, -0.15) is 0 Å². The molecule has 0 bridgehead atoms. The number of nitrogen functional groups attached to an aromatic ring is 1. The summed E-state index contributed by atoms with van der Waals surface area (Å²) in [5.41, 5.74) is 5.99. The highest BCUT2D eigenvalue weighted by atomic mass is 16.5. The predicted molar refractivity (Wildman–Crippen MR) is 71.9 cm³/mol. The maximum absolute atomic E-state index is 10.8. The fourth-order valence-electron chi connectivity index (χ4n) is 1.94. The minimum atomic E-state index is -1.02. The Kier molecular flexibility index (Phi) is 5.01. The van der Waals surface area contributed by atoms with Crippen molar-refractivity contribution in [3.05, 3.63) is 23.8 Å². The topological polar surface area (TPSA) is 72.5 Å². The quantitative estimate of drug-likeness (QED) is 0.762. The van der Waals surface area contributed by atoms with Gasteiger partial charge < -0.3 is 15.6 Å². The molecule has 0 fully saturated rings. The van der Waals surface area contributed by atoms with E-state index in [-0.39, 0.29) is 11.3 Å². The average molecular weight is 251 g/mol. The number of carboxylic acids is 1. The van der Waals surface area contributed by atoms with Gasteiger partial charge in [0.05, 0.1) is 12.2 Å². The van der Waals surface area contributed by atoms with Crippen molar-refractivity contribution in [2.24, 2.45) is 11.8 Å². The standard InChI is InChI=1S/C14H21NO3/c1-9(2)6-10(3)8-18-11-4-5-12(14(16)17)13(15)7-11/h4-5,7,9-10H,6,8,15H2,1-3H3,(H,16,17). The number of ether oxygens (including phenoxy) is 1. The first kappa shape index (κ1) is 14.4. The van der Waals surface area contributed by atoms with Crippen LogP contribution in [-0.2, 0) is 0 Å². The van der Waals surface area contributed by atoms with E-state index >= 15 is 0 Å². The molecule has 0 saturated heterocycles. The zero-order valence-electron chi connectivity index (χ0n) is 11.1. The van der Waals surface area contributed by atoms with Crippen molar-refractivity contribution in [2.75, 3.05) is 12.3 Å². The summed E-state index contributed by atoms with van der Waals surface area (Å²) in [5, 5.41) is 8.85. The molecule has 3 N–H and O–H groups in total. The molecule has 4 nitrogen and oxygen atoms in total. The fraction of sp³-hybridized carbons (Fsp3) is 0.500. The smallest absolute Gasteiger partial charge is 0.337 e. The summed E-state index contributed by atoms with van der Waals surface area (Å²) in [6.45, 7) is 7.10. The third-order valence-corrected chi connectivity index (χ3v) is 2.66. The molecule has 18 heavy (non-hydrogen) atoms. The monoisotopic (exact) mass is 251 g/mol. The Morgan fingerprint density at radius 3 is 2.56 bits per heavy atom. The van der Waals surface area contributed by atoms with Crippen LogP contribution >= 0.6 is 0 Å². The van der Waals surface area contributed by atoms with Crippen LogP contribution in [0, 0.1) is 11.8 Å². The third-order valence-electron chi connectivity index (χ3n) is 2.66. The van der Waals surface area contributed by atoms with Gasteiger partial charge in [0.2, 0.25) is 0 Å². The van der Waals surface area contributed by atoms with E-state index in [2.05, 4.69) is 20.8 Å². The van der Waals surface area contributed by atoms with E-state index in [4.69, 9.17) is 15.6 Å². The Balaban J connectivity index is 2.58. The lowest BCUT2D eigenvalue weighted by molar-refractivity contribution is 0.0698. The van der Waals surface area contributed by atoms with Crippen molar-refractivity contribution >= 4 is 11.7 Å². The van der Waals surface area contributed by atoms with Crippen LogP contribution in [0.1, 0.15) is 37.6 Å². The molecule has 1 atom stereocenters. The van der Waals surface area contributed by atoms with Gasteiger partial charge in [-0.15, -0.1) is 0 Å². The van der Waals surface area contributed by atoms with Gasteiger partial charge in [-0.1, -0.05) is 20.8 Å². The molecule has 0 heterocycles. The van der Waals surface area contributed by atoms with Gasteiger partial charge in [0.15, 0.2) is 0 Å². The predicted octanol–water partition coefficient (Wildman–Crippen LogP) is 3.03. The summed E-state index contributed by atoms with van der Waals surface area (Å²) in [6.07, 6.45) is 1.10. The van der Waals surface area contributed by atoms with Gasteiger partial charge in [0.1, 0.15) is 5.75 Å². The highest BCUT2D eigenvalue weighted by Crippen LogP contribution is 2.21. The first-order valence-electron chi connectivity index (χ1n) is 6.15. The molecule has 0 aliphatic heterocycles. The highest BCUT2D eigenvalue weighted by molar-refractivity contribution is 5.93. The zero-order valence-corrected chi connectivity index (χ0v) is 11.1. The fourth-order valence-corrected chi connectivity index (χ4v) is 1.94. The van der Waals surface area contributed by atoms with Crippen LogP contribution in [0.15, 0.2) is 18.2 Å². The second-order valence-corrected chi connectivity index (χ2v) is 5.10. The van der Waals surface area contributed by atoms with Crippen molar-refractivity contribution in [1.29, 1.82) is 0 Å². The lowest BCUT2D eigenvalue weighted by atomic mass is 10.00. The normalized spacial score (nSPS) is 12.4. The third kappa shape index (κ3) is 4.28. The molecule has 0 aromatic heterocycles. The van der Waals surface area contributed by atoms with Crippen molar-refractivity contribution < 1.29 is 14.6 Å². The van der Waals surface area contributed by atoms with Crippen LogP contribution in [0.4, 0.5) is 5.69 Å². The second-order valence-electron chi connectivity index (χ2n) is 5.10. The Morgan fingerprint density at radius 1 is 1.39 bits per heavy atom. The maximum atomic E-state index is 10.8. The minimum absolute atomic E-state index is 0.109. The average Bonchev–Trinajstić information content (AvgIpc) is 2.25. The summed E-state index contributed by atoms with van der Waals surface area (Å²) < 4.78 is 5.61. The number of rotatable bonds is 6. The van der Waals surface area contributed by atoms with E-state index in [0.29, 0.717) is 24.2 Å². The summed E-state index contributed by atoms with van der Waals surface area (Å²) in [4.78, 5) is 10.8. The van der Waals surface area contributed by atoms with E-state index in [0.717, 1.165) is 6.42 Å². The van der Waals surface area contributed by atoms with Gasteiger partial charge >= 0.3 is 5.97 Å². The number of anilines is 1.